The third-order valence-corrected chi connectivity index (χ3v) is 2.80. The number of anilines is 1. The summed E-state index contributed by atoms with van der Waals surface area (Å²) in [7, 11) is 0. The van der Waals surface area contributed by atoms with Crippen LogP contribution in [0.15, 0.2) is 48.7 Å². The van der Waals surface area contributed by atoms with Gasteiger partial charge in [0.2, 0.25) is 5.91 Å². The highest BCUT2D eigenvalue weighted by Gasteiger charge is 2.14. The van der Waals surface area contributed by atoms with Crippen molar-refractivity contribution in [2.24, 2.45) is 5.73 Å². The molecular weight excluding hydrogens is 238 g/mol. The lowest BCUT2D eigenvalue weighted by atomic mass is 10.1. The van der Waals surface area contributed by atoms with Gasteiger partial charge in [-0.15, -0.1) is 0 Å². The zero-order valence-electron chi connectivity index (χ0n) is 10.8. The van der Waals surface area contributed by atoms with Crippen molar-refractivity contribution >= 4 is 11.7 Å². The maximum Gasteiger partial charge on any atom is 0.242 e. The van der Waals surface area contributed by atoms with E-state index in [1.165, 1.54) is 0 Å². The first-order valence-electron chi connectivity index (χ1n) is 6.18. The van der Waals surface area contributed by atoms with E-state index in [4.69, 9.17) is 5.73 Å². The third kappa shape index (κ3) is 3.89. The summed E-state index contributed by atoms with van der Waals surface area (Å²) in [5.41, 5.74) is 7.98. The van der Waals surface area contributed by atoms with Crippen LogP contribution in [0.4, 0.5) is 5.82 Å². The molecule has 1 amide bonds. The van der Waals surface area contributed by atoms with Crippen LogP contribution in [0.3, 0.4) is 0 Å². The molecule has 0 aliphatic heterocycles. The van der Waals surface area contributed by atoms with E-state index in [1.54, 1.807) is 12.3 Å². The number of carbonyl (C=O) groups excluding carboxylic acids is 1. The molecule has 19 heavy (non-hydrogen) atoms. The molecule has 0 spiro atoms. The number of hydrogen-bond donors (Lipinski definition) is 2. The Labute approximate surface area is 112 Å². The summed E-state index contributed by atoms with van der Waals surface area (Å²) in [6, 6.07) is 12.8. The van der Waals surface area contributed by atoms with E-state index in [0.717, 1.165) is 11.1 Å². The van der Waals surface area contributed by atoms with Gasteiger partial charge in [0.05, 0.1) is 6.04 Å². The topological polar surface area (TPSA) is 68.0 Å². The van der Waals surface area contributed by atoms with Crippen LogP contribution in [0.25, 0.3) is 0 Å². The Balaban J connectivity index is 1.94. The number of benzene rings is 1. The van der Waals surface area contributed by atoms with Crippen LogP contribution in [0, 0.1) is 6.92 Å². The van der Waals surface area contributed by atoms with Crippen molar-refractivity contribution in [3.63, 3.8) is 0 Å². The van der Waals surface area contributed by atoms with Crippen molar-refractivity contribution in [1.82, 2.24) is 4.98 Å². The molecule has 0 aliphatic rings. The zero-order valence-corrected chi connectivity index (χ0v) is 10.8. The quantitative estimate of drug-likeness (QED) is 0.876. The van der Waals surface area contributed by atoms with Crippen LogP contribution in [-0.4, -0.2) is 16.9 Å². The van der Waals surface area contributed by atoms with Crippen LogP contribution in [-0.2, 0) is 11.2 Å². The lowest BCUT2D eigenvalue weighted by Gasteiger charge is -2.11. The van der Waals surface area contributed by atoms with E-state index in [1.807, 2.05) is 43.3 Å². The minimum Gasteiger partial charge on any atom is -0.320 e. The summed E-state index contributed by atoms with van der Waals surface area (Å²) in [4.78, 5) is 16.0. The van der Waals surface area contributed by atoms with Crippen LogP contribution in [0.1, 0.15) is 11.1 Å². The molecule has 4 nitrogen and oxygen atoms in total. The van der Waals surface area contributed by atoms with Crippen molar-refractivity contribution in [2.75, 3.05) is 5.32 Å². The van der Waals surface area contributed by atoms with E-state index < -0.39 is 6.04 Å². The molecule has 2 aromatic rings. The number of rotatable bonds is 4. The SMILES string of the molecule is Cc1ccc(NC(=O)[C@@H](N)Cc2ccccc2)nc1. The molecular formula is C15H17N3O. The molecule has 0 saturated carbocycles. The monoisotopic (exact) mass is 255 g/mol. The second-order valence-corrected chi connectivity index (χ2v) is 4.51. The maximum absolute atomic E-state index is 11.9. The highest BCUT2D eigenvalue weighted by atomic mass is 16.2. The Morgan fingerprint density at radius 3 is 2.63 bits per heavy atom. The number of hydrogen-bond acceptors (Lipinski definition) is 3. The molecule has 0 bridgehead atoms. The minimum absolute atomic E-state index is 0.222. The van der Waals surface area contributed by atoms with E-state index in [0.29, 0.717) is 12.2 Å². The third-order valence-electron chi connectivity index (χ3n) is 2.80. The number of nitrogens with zero attached hydrogens (tertiary/aromatic N) is 1. The van der Waals surface area contributed by atoms with Crippen LogP contribution in [0.5, 0.6) is 0 Å². The molecule has 1 heterocycles. The molecule has 4 heteroatoms. The Kier molecular flexibility index (Phi) is 4.26. The van der Waals surface area contributed by atoms with Gasteiger partial charge in [0.1, 0.15) is 5.82 Å². The number of nitrogens with one attached hydrogen (secondary N) is 1. The molecule has 1 aromatic heterocycles. The summed E-state index contributed by atoms with van der Waals surface area (Å²) >= 11 is 0. The molecule has 0 saturated heterocycles. The van der Waals surface area contributed by atoms with Crippen LogP contribution >= 0.6 is 0 Å². The minimum atomic E-state index is -0.578. The maximum atomic E-state index is 11.9. The number of amides is 1. The van der Waals surface area contributed by atoms with E-state index >= 15 is 0 Å². The Bertz CT molecular complexity index is 537. The second-order valence-electron chi connectivity index (χ2n) is 4.51. The normalized spacial score (nSPS) is 11.9. The molecule has 0 radical (unpaired) electrons. The van der Waals surface area contributed by atoms with Gasteiger partial charge in [-0.3, -0.25) is 4.79 Å². The first kappa shape index (κ1) is 13.2. The zero-order chi connectivity index (χ0) is 13.7. The molecule has 98 valence electrons. The van der Waals surface area contributed by atoms with Gasteiger partial charge in [-0.2, -0.15) is 0 Å². The molecule has 1 aromatic carbocycles. The van der Waals surface area contributed by atoms with Gasteiger partial charge >= 0.3 is 0 Å². The fourth-order valence-electron chi connectivity index (χ4n) is 1.72. The smallest absolute Gasteiger partial charge is 0.242 e. The fraction of sp³-hybridized carbons (Fsp3) is 0.200. The largest absolute Gasteiger partial charge is 0.320 e. The van der Waals surface area contributed by atoms with Crippen molar-refractivity contribution < 1.29 is 4.79 Å². The van der Waals surface area contributed by atoms with Crippen molar-refractivity contribution in [2.45, 2.75) is 19.4 Å². The van der Waals surface area contributed by atoms with E-state index in [-0.39, 0.29) is 5.91 Å². The molecule has 0 fully saturated rings. The van der Waals surface area contributed by atoms with E-state index in [2.05, 4.69) is 10.3 Å². The lowest BCUT2D eigenvalue weighted by molar-refractivity contribution is -0.117. The Morgan fingerprint density at radius 1 is 1.26 bits per heavy atom. The Morgan fingerprint density at radius 2 is 2.00 bits per heavy atom. The average Bonchev–Trinajstić information content (AvgIpc) is 2.42. The number of pyridine rings is 1. The highest BCUT2D eigenvalue weighted by molar-refractivity contribution is 5.94. The van der Waals surface area contributed by atoms with Crippen molar-refractivity contribution in [1.29, 1.82) is 0 Å². The molecule has 0 aliphatic carbocycles. The second kappa shape index (κ2) is 6.11. The highest BCUT2D eigenvalue weighted by Crippen LogP contribution is 2.06. The van der Waals surface area contributed by atoms with Gasteiger partial charge in [0, 0.05) is 6.20 Å². The van der Waals surface area contributed by atoms with Gasteiger partial charge in [0.25, 0.3) is 0 Å². The van der Waals surface area contributed by atoms with Crippen molar-refractivity contribution in [3.8, 4) is 0 Å². The number of nitrogens with two attached hydrogens (primary N) is 1. The molecule has 2 rings (SSSR count). The number of aromatic nitrogens is 1. The standard InChI is InChI=1S/C15H17N3O/c1-11-7-8-14(17-10-11)18-15(19)13(16)9-12-5-3-2-4-6-12/h2-8,10,13H,9,16H2,1H3,(H,17,18,19)/t13-/m0/s1. The fourth-order valence-corrected chi connectivity index (χ4v) is 1.72. The number of aryl methyl sites for hydroxylation is 1. The van der Waals surface area contributed by atoms with Gasteiger partial charge in [-0.25, -0.2) is 4.98 Å². The molecule has 1 atom stereocenters. The van der Waals surface area contributed by atoms with Crippen molar-refractivity contribution in [3.05, 3.63) is 59.8 Å². The van der Waals surface area contributed by atoms with Crippen LogP contribution in [0.2, 0.25) is 0 Å². The lowest BCUT2D eigenvalue weighted by Crippen LogP contribution is -2.37. The predicted molar refractivity (Wildman–Crippen MR) is 75.7 cm³/mol. The number of carbonyl (C=O) groups is 1. The van der Waals surface area contributed by atoms with Gasteiger partial charge in [0.15, 0.2) is 0 Å². The first-order chi connectivity index (χ1) is 9.15. The van der Waals surface area contributed by atoms with Gasteiger partial charge < -0.3 is 11.1 Å². The van der Waals surface area contributed by atoms with E-state index in [9.17, 15) is 4.79 Å². The summed E-state index contributed by atoms with van der Waals surface area (Å²) in [6.45, 7) is 1.94. The summed E-state index contributed by atoms with van der Waals surface area (Å²) in [5.74, 6) is 0.305. The predicted octanol–water partition coefficient (Wildman–Crippen LogP) is 1.90. The molecule has 0 unspecified atom stereocenters. The van der Waals surface area contributed by atoms with Crippen LogP contribution < -0.4 is 11.1 Å². The van der Waals surface area contributed by atoms with Gasteiger partial charge in [-0.05, 0) is 30.5 Å². The molecule has 3 N–H and O–H groups in total. The first-order valence-corrected chi connectivity index (χ1v) is 6.18. The summed E-state index contributed by atoms with van der Waals surface area (Å²) < 4.78 is 0. The average molecular weight is 255 g/mol. The summed E-state index contributed by atoms with van der Waals surface area (Å²) in [5, 5.41) is 2.71. The Hall–Kier alpha value is -2.20. The summed E-state index contributed by atoms with van der Waals surface area (Å²) in [6.07, 6.45) is 2.22. The van der Waals surface area contributed by atoms with Gasteiger partial charge in [-0.1, -0.05) is 36.4 Å².